The van der Waals surface area contributed by atoms with Gasteiger partial charge in [-0.15, -0.1) is 0 Å². The highest BCUT2D eigenvalue weighted by molar-refractivity contribution is 7.86. The number of aliphatic hydroxyl groups is 1. The molecule has 0 aromatic heterocycles. The van der Waals surface area contributed by atoms with Gasteiger partial charge in [-0.3, -0.25) is 4.72 Å². The summed E-state index contributed by atoms with van der Waals surface area (Å²) in [5.41, 5.74) is 0.243. The number of halogens is 3. The van der Waals surface area contributed by atoms with Gasteiger partial charge in [0.25, 0.3) is 0 Å². The fraction of sp³-hybridized carbons (Fsp3) is 0.409. The van der Waals surface area contributed by atoms with Gasteiger partial charge >= 0.3 is 12.1 Å². The minimum atomic E-state index is -4.58. The zero-order valence-electron chi connectivity index (χ0n) is 17.1. The van der Waals surface area contributed by atoms with Crippen molar-refractivity contribution in [3.8, 4) is 0 Å². The molecule has 0 radical (unpaired) electrons. The van der Waals surface area contributed by atoms with E-state index in [-0.39, 0.29) is 28.6 Å². The van der Waals surface area contributed by atoms with Gasteiger partial charge in [0.15, 0.2) is 11.0 Å². The molecule has 4 rings (SSSR count). The van der Waals surface area contributed by atoms with Gasteiger partial charge in [-0.05, 0) is 67.5 Å². The molecule has 0 spiro atoms. The molecule has 0 amide bonds. The average Bonchev–Trinajstić information content (AvgIpc) is 3.58. The first-order valence-corrected chi connectivity index (χ1v) is 11.5. The van der Waals surface area contributed by atoms with Crippen molar-refractivity contribution in [2.75, 3.05) is 22.7 Å². The molecule has 1 heterocycles. The quantitative estimate of drug-likeness (QED) is 0.586. The number of carbonyl (C=O) groups is 1. The molecule has 1 aliphatic carbocycles. The highest BCUT2D eigenvalue weighted by atomic mass is 32.2. The summed E-state index contributed by atoms with van der Waals surface area (Å²) in [5.74, 6) is -1.01. The summed E-state index contributed by atoms with van der Waals surface area (Å²) in [5, 5.41) is 19.3. The van der Waals surface area contributed by atoms with Crippen LogP contribution >= 0.6 is 0 Å². The van der Waals surface area contributed by atoms with E-state index in [9.17, 15) is 32.4 Å². The maximum absolute atomic E-state index is 13.4. The number of piperidine rings is 1. The highest BCUT2D eigenvalue weighted by Crippen LogP contribution is 2.43. The molecule has 3 N–H and O–H groups in total. The van der Waals surface area contributed by atoms with E-state index in [2.05, 4.69) is 4.72 Å². The Morgan fingerprint density at radius 1 is 1.12 bits per heavy atom. The van der Waals surface area contributed by atoms with Gasteiger partial charge in [0.05, 0.1) is 33.5 Å². The van der Waals surface area contributed by atoms with Gasteiger partial charge in [0, 0.05) is 13.1 Å². The van der Waals surface area contributed by atoms with E-state index in [4.69, 9.17) is 0 Å². The molecule has 2 atom stereocenters. The number of benzene rings is 2. The van der Waals surface area contributed by atoms with Crippen molar-refractivity contribution in [2.24, 2.45) is 0 Å². The van der Waals surface area contributed by atoms with Crippen molar-refractivity contribution in [3.63, 3.8) is 0 Å². The summed E-state index contributed by atoms with van der Waals surface area (Å²) >= 11 is 0. The van der Waals surface area contributed by atoms with Crippen LogP contribution in [0.5, 0.6) is 0 Å². The van der Waals surface area contributed by atoms with Crippen LogP contribution in [-0.4, -0.2) is 39.6 Å². The molecule has 1 aliphatic heterocycles. The molecule has 1 saturated carbocycles. The lowest BCUT2D eigenvalue weighted by atomic mass is 10.1. The van der Waals surface area contributed by atoms with Crippen LogP contribution in [0, 0.1) is 0 Å². The summed E-state index contributed by atoms with van der Waals surface area (Å²) in [7, 11) is -1.98. The number of anilines is 2. The second-order valence-corrected chi connectivity index (χ2v) is 9.36. The van der Waals surface area contributed by atoms with Crippen molar-refractivity contribution in [3.05, 3.63) is 53.1 Å². The van der Waals surface area contributed by atoms with Crippen molar-refractivity contribution in [2.45, 2.75) is 48.8 Å². The number of hydrogen-bond donors (Lipinski definition) is 3. The Balaban J connectivity index is 1.72. The predicted octanol–water partition coefficient (Wildman–Crippen LogP) is 4.38. The Morgan fingerprint density at radius 2 is 1.88 bits per heavy atom. The van der Waals surface area contributed by atoms with Crippen molar-refractivity contribution in [1.82, 2.24) is 0 Å². The van der Waals surface area contributed by atoms with E-state index < -0.39 is 34.8 Å². The number of nitrogens with one attached hydrogen (secondary N) is 1. The van der Waals surface area contributed by atoms with Crippen LogP contribution in [-0.2, 0) is 17.2 Å². The number of aliphatic hydroxyl groups excluding tert-OH is 1. The third-order valence-corrected chi connectivity index (χ3v) is 6.90. The molecule has 32 heavy (non-hydrogen) atoms. The first-order chi connectivity index (χ1) is 15.1. The Hall–Kier alpha value is -2.59. The van der Waals surface area contributed by atoms with Crippen LogP contribution in [0.4, 0.5) is 24.5 Å². The molecule has 10 heteroatoms. The SMILES string of the molecule is O=C(O)c1ccc(C2CC2)c(S(=O)Nc2cc(C(F)(F)F)ccc2N2CCC[C@@H](O)C2)c1. The molecular weight excluding hydrogens is 445 g/mol. The monoisotopic (exact) mass is 468 g/mol. The number of aromatic carboxylic acids is 1. The van der Waals surface area contributed by atoms with Crippen LogP contribution < -0.4 is 9.62 Å². The Bertz CT molecular complexity index is 1060. The van der Waals surface area contributed by atoms with E-state index >= 15 is 0 Å². The zero-order chi connectivity index (χ0) is 23.0. The van der Waals surface area contributed by atoms with E-state index in [1.807, 2.05) is 0 Å². The van der Waals surface area contributed by atoms with E-state index in [1.165, 1.54) is 18.2 Å². The second-order valence-electron chi connectivity index (χ2n) is 8.17. The van der Waals surface area contributed by atoms with Gasteiger partial charge < -0.3 is 15.1 Å². The van der Waals surface area contributed by atoms with Gasteiger partial charge in [-0.2, -0.15) is 13.2 Å². The molecule has 6 nitrogen and oxygen atoms in total. The normalized spacial score (nSPS) is 20.1. The van der Waals surface area contributed by atoms with Crippen LogP contribution in [0.2, 0.25) is 0 Å². The van der Waals surface area contributed by atoms with Gasteiger partial charge in [0.2, 0.25) is 0 Å². The molecule has 2 aromatic rings. The minimum Gasteiger partial charge on any atom is -0.478 e. The van der Waals surface area contributed by atoms with E-state index in [0.29, 0.717) is 25.1 Å². The number of nitrogens with zero attached hydrogens (tertiary/aromatic N) is 1. The van der Waals surface area contributed by atoms with E-state index in [0.717, 1.165) is 30.5 Å². The van der Waals surface area contributed by atoms with Crippen molar-refractivity contribution >= 4 is 28.3 Å². The first-order valence-electron chi connectivity index (χ1n) is 10.3. The largest absolute Gasteiger partial charge is 0.478 e. The van der Waals surface area contributed by atoms with Gasteiger partial charge in [-0.1, -0.05) is 6.07 Å². The first kappa shape index (κ1) is 22.6. The summed E-state index contributed by atoms with van der Waals surface area (Å²) in [6.07, 6.45) is -2.12. The fourth-order valence-corrected chi connectivity index (χ4v) is 5.11. The van der Waals surface area contributed by atoms with Gasteiger partial charge in [-0.25, -0.2) is 9.00 Å². The van der Waals surface area contributed by atoms with Gasteiger partial charge in [0.1, 0.15) is 0 Å². The fourth-order valence-electron chi connectivity index (χ4n) is 3.96. The van der Waals surface area contributed by atoms with Crippen molar-refractivity contribution in [1.29, 1.82) is 0 Å². The smallest absolute Gasteiger partial charge is 0.416 e. The highest BCUT2D eigenvalue weighted by Gasteiger charge is 2.33. The molecule has 2 aromatic carbocycles. The molecule has 2 fully saturated rings. The third kappa shape index (κ3) is 4.91. The van der Waals surface area contributed by atoms with Crippen LogP contribution in [0.25, 0.3) is 0 Å². The predicted molar refractivity (Wildman–Crippen MR) is 114 cm³/mol. The van der Waals surface area contributed by atoms with Crippen LogP contribution in [0.15, 0.2) is 41.3 Å². The Labute approximate surface area is 185 Å². The third-order valence-electron chi connectivity index (χ3n) is 5.74. The molecule has 0 bridgehead atoms. The molecular formula is C22H23F3N2O4S. The standard InChI is InChI=1S/C22H23F3N2O4S/c23-22(24,25)15-6-8-19(27-9-1-2-16(28)12-27)18(11-15)26-32(31)20-10-14(21(29)30)5-7-17(20)13-3-4-13/h5-8,10-11,13,16,26,28H,1-4,9,12H2,(H,29,30)/t16-,32?/m1/s1. The maximum atomic E-state index is 13.4. The number of carboxylic acids is 1. The summed E-state index contributed by atoms with van der Waals surface area (Å²) in [6.45, 7) is 0.806. The lowest BCUT2D eigenvalue weighted by Gasteiger charge is -2.33. The number of hydrogen-bond acceptors (Lipinski definition) is 4. The lowest BCUT2D eigenvalue weighted by Crippen LogP contribution is -2.38. The molecule has 1 saturated heterocycles. The number of carboxylic acid groups (broad SMARTS) is 1. The molecule has 1 unspecified atom stereocenters. The summed E-state index contributed by atoms with van der Waals surface area (Å²) < 4.78 is 56.0. The second kappa shape index (κ2) is 8.74. The number of rotatable bonds is 6. The van der Waals surface area contributed by atoms with E-state index in [1.54, 1.807) is 11.0 Å². The number of alkyl halides is 3. The Morgan fingerprint density at radius 3 is 2.50 bits per heavy atom. The van der Waals surface area contributed by atoms with Crippen molar-refractivity contribution < 1.29 is 32.4 Å². The van der Waals surface area contributed by atoms with Crippen LogP contribution in [0.3, 0.4) is 0 Å². The Kier molecular flexibility index (Phi) is 6.17. The molecule has 172 valence electrons. The summed E-state index contributed by atoms with van der Waals surface area (Å²) in [4.78, 5) is 13.4. The molecule has 2 aliphatic rings. The maximum Gasteiger partial charge on any atom is 0.416 e. The average molecular weight is 468 g/mol. The van der Waals surface area contributed by atoms with Crippen LogP contribution in [0.1, 0.15) is 53.1 Å². The lowest BCUT2D eigenvalue weighted by molar-refractivity contribution is -0.137. The number of β-amino-alcohol motifs (C(OH)–C–C–N with tert-alkyl or cyclic N) is 1. The minimum absolute atomic E-state index is 0.0229. The zero-order valence-corrected chi connectivity index (χ0v) is 17.9. The summed E-state index contributed by atoms with van der Waals surface area (Å²) in [6, 6.07) is 7.58. The topological polar surface area (TPSA) is 89.9 Å².